The van der Waals surface area contributed by atoms with Crippen molar-refractivity contribution in [3.63, 3.8) is 0 Å². The molecule has 9 nitrogen and oxygen atoms in total. The van der Waals surface area contributed by atoms with Gasteiger partial charge in [-0.1, -0.05) is 72.8 Å². The van der Waals surface area contributed by atoms with Crippen molar-refractivity contribution < 1.29 is 34.8 Å². The van der Waals surface area contributed by atoms with Crippen LogP contribution in [0.3, 0.4) is 0 Å². The first kappa shape index (κ1) is 25.3. The topological polar surface area (TPSA) is 147 Å². The molecule has 0 radical (unpaired) electrons. The van der Waals surface area contributed by atoms with Crippen LogP contribution in [0.5, 0.6) is 0 Å². The maximum Gasteiger partial charge on any atom is 0.342 e. The van der Waals surface area contributed by atoms with Crippen LogP contribution in [-0.2, 0) is 38.2 Å². The maximum atomic E-state index is 12.6. The normalized spacial score (nSPS) is 12.8. The summed E-state index contributed by atoms with van der Waals surface area (Å²) in [6.45, 7) is 0. The van der Waals surface area contributed by atoms with Crippen LogP contribution in [0.15, 0.2) is 94.7 Å². The van der Waals surface area contributed by atoms with Gasteiger partial charge in [0.2, 0.25) is 0 Å². The average Bonchev–Trinajstić information content (AvgIpc) is 3.25. The van der Waals surface area contributed by atoms with Gasteiger partial charge in [0, 0.05) is 17.5 Å². The summed E-state index contributed by atoms with van der Waals surface area (Å²) in [5, 5.41) is 0. The standard InChI is InChI=1S/C25H21NO8S2/c26-21(25(28)34-36(31,32)23-15-12-18-8-4-2-6-10-20(18)23)13-16-24(27)33-35(29,30)22-14-11-17-7-3-1-5-9-19(17)22/h1-12,14-15,21H,13,16,26H2/t21-/m0/s1. The smallest absolute Gasteiger partial charge is 0.342 e. The van der Waals surface area contributed by atoms with Gasteiger partial charge in [-0.3, -0.25) is 4.79 Å². The van der Waals surface area contributed by atoms with E-state index in [1.165, 1.54) is 12.1 Å². The molecule has 11 heteroatoms. The van der Waals surface area contributed by atoms with E-state index in [4.69, 9.17) is 5.73 Å². The molecule has 4 aliphatic rings. The number of hydrogen-bond donors (Lipinski definition) is 1. The van der Waals surface area contributed by atoms with E-state index in [-0.39, 0.29) is 9.79 Å². The molecule has 0 aromatic carbocycles. The Bertz CT molecular complexity index is 1580. The van der Waals surface area contributed by atoms with Gasteiger partial charge in [-0.25, -0.2) is 4.79 Å². The van der Waals surface area contributed by atoms with Crippen LogP contribution in [0, 0.1) is 0 Å². The highest BCUT2D eigenvalue weighted by Gasteiger charge is 2.30. The lowest BCUT2D eigenvalue weighted by molar-refractivity contribution is -0.136. The fourth-order valence-electron chi connectivity index (χ4n) is 3.62. The van der Waals surface area contributed by atoms with Crippen LogP contribution in [0.1, 0.15) is 12.8 Å². The van der Waals surface area contributed by atoms with Crippen molar-refractivity contribution >= 4 is 32.2 Å². The van der Waals surface area contributed by atoms with Crippen molar-refractivity contribution in [2.24, 2.45) is 5.73 Å². The molecule has 0 amide bonds. The lowest BCUT2D eigenvalue weighted by atomic mass is 10.2. The summed E-state index contributed by atoms with van der Waals surface area (Å²) in [5.41, 5.74) is 7.73. The minimum atomic E-state index is -4.48. The van der Waals surface area contributed by atoms with Gasteiger partial charge in [0.25, 0.3) is 0 Å². The minimum Gasteiger partial charge on any atom is -0.342 e. The second kappa shape index (κ2) is 10.1. The van der Waals surface area contributed by atoms with Crippen LogP contribution in [0.25, 0.3) is 22.3 Å². The summed E-state index contributed by atoms with van der Waals surface area (Å²) in [7, 11) is -8.91. The van der Waals surface area contributed by atoms with Gasteiger partial charge in [0.1, 0.15) is 15.8 Å². The predicted octanol–water partition coefficient (Wildman–Crippen LogP) is 3.17. The predicted molar refractivity (Wildman–Crippen MR) is 130 cm³/mol. The number of carbonyl (C=O) groups excluding carboxylic acids is 2. The van der Waals surface area contributed by atoms with Gasteiger partial charge in [-0.05, 0) is 29.7 Å². The summed E-state index contributed by atoms with van der Waals surface area (Å²) >= 11 is 0. The van der Waals surface area contributed by atoms with Crippen LogP contribution in [0.4, 0.5) is 0 Å². The Kier molecular flexibility index (Phi) is 7.07. The van der Waals surface area contributed by atoms with E-state index in [0.717, 1.165) is 0 Å². The summed E-state index contributed by atoms with van der Waals surface area (Å²) in [6, 6.07) is 21.1. The number of carbonyl (C=O) groups is 2. The van der Waals surface area contributed by atoms with Crippen LogP contribution < -0.4 is 5.73 Å². The Morgan fingerprint density at radius 3 is 1.67 bits per heavy atom. The third-order valence-electron chi connectivity index (χ3n) is 5.40. The monoisotopic (exact) mass is 527 g/mol. The largest absolute Gasteiger partial charge is 0.342 e. The Labute approximate surface area is 208 Å². The Morgan fingerprint density at radius 1 is 0.667 bits per heavy atom. The van der Waals surface area contributed by atoms with Crippen LogP contribution in [-0.4, -0.2) is 34.8 Å². The molecule has 4 aliphatic carbocycles. The molecule has 0 bridgehead atoms. The van der Waals surface area contributed by atoms with Gasteiger partial charge in [0.05, 0.1) is 0 Å². The third kappa shape index (κ3) is 5.38. The fourth-order valence-corrected chi connectivity index (χ4v) is 5.85. The molecule has 36 heavy (non-hydrogen) atoms. The fraction of sp³-hybridized carbons (Fsp3) is 0.120. The van der Waals surface area contributed by atoms with Gasteiger partial charge in [-0.15, -0.1) is 0 Å². The summed E-state index contributed by atoms with van der Waals surface area (Å²) < 4.78 is 59.8. The van der Waals surface area contributed by atoms with E-state index in [0.29, 0.717) is 22.3 Å². The van der Waals surface area contributed by atoms with Gasteiger partial charge < -0.3 is 14.1 Å². The lowest BCUT2D eigenvalue weighted by Gasteiger charge is -2.11. The number of nitrogens with two attached hydrogens (primary N) is 1. The Hall–Kier alpha value is -3.80. The molecular formula is C25H21NO8S2. The van der Waals surface area contributed by atoms with Crippen molar-refractivity contribution in [2.45, 2.75) is 28.7 Å². The number of fused-ring (bicyclic) bond motifs is 2. The van der Waals surface area contributed by atoms with Gasteiger partial charge in [0.15, 0.2) is 0 Å². The zero-order valence-electron chi connectivity index (χ0n) is 18.7. The maximum absolute atomic E-state index is 12.6. The third-order valence-corrected chi connectivity index (χ3v) is 7.98. The first-order chi connectivity index (χ1) is 17.1. The second-order valence-corrected chi connectivity index (χ2v) is 10.9. The second-order valence-electron chi connectivity index (χ2n) is 7.87. The summed E-state index contributed by atoms with van der Waals surface area (Å²) in [5.74, 6) is -2.43. The molecular weight excluding hydrogens is 506 g/mol. The molecule has 0 spiro atoms. The molecule has 4 rings (SSSR count). The van der Waals surface area contributed by atoms with E-state index in [9.17, 15) is 26.4 Å². The van der Waals surface area contributed by atoms with Crippen molar-refractivity contribution in [3.05, 3.63) is 84.9 Å². The van der Waals surface area contributed by atoms with E-state index in [1.54, 1.807) is 72.8 Å². The first-order valence-electron chi connectivity index (χ1n) is 10.8. The van der Waals surface area contributed by atoms with Gasteiger partial charge in [-0.2, -0.15) is 16.8 Å². The number of hydrogen-bond acceptors (Lipinski definition) is 9. The van der Waals surface area contributed by atoms with E-state index < -0.39 is 51.1 Å². The van der Waals surface area contributed by atoms with Crippen molar-refractivity contribution in [1.82, 2.24) is 0 Å². The average molecular weight is 528 g/mol. The molecule has 0 saturated heterocycles. The SMILES string of the molecule is N[C@@H](CCC(=O)OS(=O)(=O)c1ccc2cccccc1-2)C(=O)OS(=O)(=O)c1ccc2cccccc1-2. The summed E-state index contributed by atoms with van der Waals surface area (Å²) in [4.78, 5) is 24.1. The molecule has 0 fully saturated rings. The highest BCUT2D eigenvalue weighted by Crippen LogP contribution is 2.32. The number of rotatable bonds is 8. The molecule has 0 heterocycles. The Morgan fingerprint density at radius 2 is 1.14 bits per heavy atom. The van der Waals surface area contributed by atoms with E-state index >= 15 is 0 Å². The zero-order valence-corrected chi connectivity index (χ0v) is 20.4. The molecule has 0 saturated carbocycles. The van der Waals surface area contributed by atoms with E-state index in [1.807, 2.05) is 0 Å². The highest BCUT2D eigenvalue weighted by atomic mass is 32.2. The van der Waals surface area contributed by atoms with E-state index in [2.05, 4.69) is 8.37 Å². The van der Waals surface area contributed by atoms with Crippen LogP contribution >= 0.6 is 0 Å². The minimum absolute atomic E-state index is 0.174. The molecule has 0 unspecified atom stereocenters. The quantitative estimate of drug-likeness (QED) is 0.341. The van der Waals surface area contributed by atoms with Crippen molar-refractivity contribution in [3.8, 4) is 22.3 Å². The Balaban J connectivity index is 1.37. The molecule has 0 aromatic rings. The van der Waals surface area contributed by atoms with Crippen LogP contribution in [0.2, 0.25) is 0 Å². The molecule has 2 N–H and O–H groups in total. The molecule has 1 atom stereocenters. The molecule has 0 aromatic heterocycles. The van der Waals surface area contributed by atoms with Crippen molar-refractivity contribution in [1.29, 1.82) is 0 Å². The van der Waals surface area contributed by atoms with Crippen molar-refractivity contribution in [2.75, 3.05) is 0 Å². The summed E-state index contributed by atoms with van der Waals surface area (Å²) in [6.07, 6.45) is -0.951. The molecule has 186 valence electrons. The van der Waals surface area contributed by atoms with Gasteiger partial charge >= 0.3 is 32.2 Å². The lowest BCUT2D eigenvalue weighted by Crippen LogP contribution is -2.34. The molecule has 0 aliphatic heterocycles. The highest BCUT2D eigenvalue weighted by molar-refractivity contribution is 7.87. The zero-order chi connectivity index (χ0) is 25.9. The first-order valence-corrected chi connectivity index (χ1v) is 13.6.